The number of H-pyrrole nitrogens is 1. The molecule has 1 aliphatic rings. The number of hydrogen-bond donors (Lipinski definition) is 1. The number of hydrogen-bond acceptors (Lipinski definition) is 9. The Kier molecular flexibility index (Phi) is 7.08. The first kappa shape index (κ1) is 24.0. The third kappa shape index (κ3) is 5.02. The molecule has 12 heteroatoms. The molecule has 0 radical (unpaired) electrons. The van der Waals surface area contributed by atoms with E-state index in [0.29, 0.717) is 55.0 Å². The van der Waals surface area contributed by atoms with E-state index in [2.05, 4.69) is 25.1 Å². The van der Waals surface area contributed by atoms with Gasteiger partial charge in [0, 0.05) is 31.2 Å². The highest BCUT2D eigenvalue weighted by molar-refractivity contribution is 7.91. The average Bonchev–Trinajstić information content (AvgIpc) is 3.26. The first-order valence-electron chi connectivity index (χ1n) is 11.1. The summed E-state index contributed by atoms with van der Waals surface area (Å²) >= 11 is 0. The van der Waals surface area contributed by atoms with E-state index in [1.54, 1.807) is 19.1 Å². The average molecular weight is 489 g/mol. The van der Waals surface area contributed by atoms with E-state index in [1.165, 1.54) is 25.6 Å². The van der Waals surface area contributed by atoms with Crippen molar-refractivity contribution < 1.29 is 17.9 Å². The minimum Gasteiger partial charge on any atom is -0.480 e. The molecule has 34 heavy (non-hydrogen) atoms. The molecular weight excluding hydrogens is 460 g/mol. The fraction of sp³-hybridized carbons (Fsp3) is 0.500. The topological polar surface area (TPSA) is 142 Å². The molecule has 0 aliphatic carbocycles. The zero-order valence-electron chi connectivity index (χ0n) is 19.3. The summed E-state index contributed by atoms with van der Waals surface area (Å²) in [5.41, 5.74) is 0.784. The molecular formula is C22H28N6O5S. The van der Waals surface area contributed by atoms with Gasteiger partial charge < -0.3 is 19.0 Å². The number of nitrogens with one attached hydrogen (secondary N) is 1. The lowest BCUT2D eigenvalue weighted by Gasteiger charge is -2.26. The summed E-state index contributed by atoms with van der Waals surface area (Å²) in [6.07, 6.45) is 4.40. The Morgan fingerprint density at radius 3 is 2.59 bits per heavy atom. The van der Waals surface area contributed by atoms with Crippen LogP contribution in [0.5, 0.6) is 5.88 Å². The quantitative estimate of drug-likeness (QED) is 0.503. The molecule has 1 fully saturated rings. The predicted octanol–water partition coefficient (Wildman–Crippen LogP) is 1.89. The molecule has 1 aliphatic heterocycles. The van der Waals surface area contributed by atoms with E-state index in [4.69, 9.17) is 9.47 Å². The molecule has 0 unspecified atom stereocenters. The molecule has 4 rings (SSSR count). The Hall–Kier alpha value is -3.12. The number of pyridine rings is 1. The molecule has 0 spiro atoms. The summed E-state index contributed by atoms with van der Waals surface area (Å²) in [4.78, 5) is 23.1. The molecule has 1 saturated heterocycles. The lowest BCUT2D eigenvalue weighted by atomic mass is 10.1. The molecule has 0 aromatic carbocycles. The molecule has 182 valence electrons. The Morgan fingerprint density at radius 2 is 1.94 bits per heavy atom. The van der Waals surface area contributed by atoms with Crippen LogP contribution in [0, 0.1) is 0 Å². The summed E-state index contributed by atoms with van der Waals surface area (Å²) < 4.78 is 39.2. The Morgan fingerprint density at radius 1 is 1.18 bits per heavy atom. The van der Waals surface area contributed by atoms with Gasteiger partial charge in [-0.05, 0) is 25.8 Å². The van der Waals surface area contributed by atoms with E-state index in [9.17, 15) is 13.2 Å². The van der Waals surface area contributed by atoms with E-state index >= 15 is 0 Å². The van der Waals surface area contributed by atoms with E-state index < -0.39 is 21.0 Å². The summed E-state index contributed by atoms with van der Waals surface area (Å²) in [5, 5.41) is 7.78. The standard InChI is InChI=1S/C22H28N6O5S/c1-14(18-11-24-21(32-3)12-23-18)15(2)34(30,31)13-19-26-27-22(17-5-4-6-20(29)25-17)28(19)16-7-9-33-10-8-16/h4-6,11-12,14-16H,7-10,13H2,1-3H3,(H,25,29)/t14-,15-/m0/s1. The fourth-order valence-electron chi connectivity index (χ4n) is 4.04. The van der Waals surface area contributed by atoms with Gasteiger partial charge in [0.2, 0.25) is 11.4 Å². The SMILES string of the molecule is COc1cnc([C@@H](C)[C@H](C)S(=O)(=O)Cc2nnc(-c3cccc(=O)[nH]3)n2C2CCOCC2)cn1. The highest BCUT2D eigenvalue weighted by Crippen LogP contribution is 2.30. The maximum atomic E-state index is 13.4. The molecule has 1 N–H and O–H groups in total. The van der Waals surface area contributed by atoms with Crippen molar-refractivity contribution in [1.82, 2.24) is 29.7 Å². The lowest BCUT2D eigenvalue weighted by Crippen LogP contribution is -2.28. The second kappa shape index (κ2) is 10.0. The van der Waals surface area contributed by atoms with Crippen LogP contribution in [0.4, 0.5) is 0 Å². The molecule has 11 nitrogen and oxygen atoms in total. The summed E-state index contributed by atoms with van der Waals surface area (Å²) in [6, 6.07) is 4.74. The maximum Gasteiger partial charge on any atom is 0.248 e. The van der Waals surface area contributed by atoms with Gasteiger partial charge in [0.25, 0.3) is 0 Å². The lowest BCUT2D eigenvalue weighted by molar-refractivity contribution is 0.0693. The van der Waals surface area contributed by atoms with Crippen molar-refractivity contribution in [3.63, 3.8) is 0 Å². The van der Waals surface area contributed by atoms with Crippen LogP contribution in [-0.4, -0.2) is 63.7 Å². The number of rotatable bonds is 8. The van der Waals surface area contributed by atoms with Crippen LogP contribution >= 0.6 is 0 Å². The number of aromatic amines is 1. The highest BCUT2D eigenvalue weighted by atomic mass is 32.2. The smallest absolute Gasteiger partial charge is 0.248 e. The van der Waals surface area contributed by atoms with Gasteiger partial charge in [-0.2, -0.15) is 0 Å². The summed E-state index contributed by atoms with van der Waals surface area (Å²) in [5.74, 6) is 0.460. The van der Waals surface area contributed by atoms with Crippen molar-refractivity contribution in [2.24, 2.45) is 0 Å². The van der Waals surface area contributed by atoms with Gasteiger partial charge >= 0.3 is 0 Å². The second-order valence-corrected chi connectivity index (χ2v) is 10.7. The fourth-order valence-corrected chi connectivity index (χ4v) is 5.62. The van der Waals surface area contributed by atoms with Crippen LogP contribution in [0.15, 0.2) is 35.4 Å². The van der Waals surface area contributed by atoms with Gasteiger partial charge in [0.05, 0.1) is 36.1 Å². The molecule has 0 bridgehead atoms. The van der Waals surface area contributed by atoms with Gasteiger partial charge in [-0.1, -0.05) is 13.0 Å². The molecule has 0 amide bonds. The van der Waals surface area contributed by atoms with E-state index in [1.807, 2.05) is 11.5 Å². The molecule has 3 aromatic rings. The normalized spacial score (nSPS) is 16.8. The minimum atomic E-state index is -3.64. The van der Waals surface area contributed by atoms with Gasteiger partial charge in [-0.3, -0.25) is 9.78 Å². The Bertz CT molecular complexity index is 1280. The Balaban J connectivity index is 1.65. The van der Waals surface area contributed by atoms with Crippen LogP contribution in [-0.2, 0) is 20.3 Å². The number of ether oxygens (including phenoxy) is 2. The van der Waals surface area contributed by atoms with E-state index in [-0.39, 0.29) is 17.4 Å². The zero-order valence-corrected chi connectivity index (χ0v) is 20.2. The van der Waals surface area contributed by atoms with Crippen molar-refractivity contribution in [1.29, 1.82) is 0 Å². The number of sulfone groups is 1. The monoisotopic (exact) mass is 488 g/mol. The Labute approximate surface area is 197 Å². The minimum absolute atomic E-state index is 0.0344. The number of methoxy groups -OCH3 is 1. The van der Waals surface area contributed by atoms with Crippen molar-refractivity contribution in [3.8, 4) is 17.4 Å². The molecule has 0 saturated carbocycles. The summed E-state index contributed by atoms with van der Waals surface area (Å²) in [6.45, 7) is 4.59. The van der Waals surface area contributed by atoms with Crippen LogP contribution in [0.25, 0.3) is 11.5 Å². The van der Waals surface area contributed by atoms with Crippen LogP contribution in [0.1, 0.15) is 50.2 Å². The second-order valence-electron chi connectivity index (χ2n) is 8.37. The zero-order chi connectivity index (χ0) is 24.3. The van der Waals surface area contributed by atoms with Crippen LogP contribution in [0.2, 0.25) is 0 Å². The molecule has 4 heterocycles. The summed E-state index contributed by atoms with van der Waals surface area (Å²) in [7, 11) is -2.15. The van der Waals surface area contributed by atoms with Gasteiger partial charge in [0.1, 0.15) is 11.6 Å². The molecule has 2 atom stereocenters. The largest absolute Gasteiger partial charge is 0.480 e. The van der Waals surface area contributed by atoms with Crippen LogP contribution in [0.3, 0.4) is 0 Å². The predicted molar refractivity (Wildman–Crippen MR) is 124 cm³/mol. The van der Waals surface area contributed by atoms with Crippen molar-refractivity contribution in [3.05, 3.63) is 52.5 Å². The third-order valence-electron chi connectivity index (χ3n) is 6.26. The van der Waals surface area contributed by atoms with Crippen molar-refractivity contribution in [2.45, 2.75) is 49.7 Å². The van der Waals surface area contributed by atoms with Gasteiger partial charge in [-0.15, -0.1) is 10.2 Å². The molecule has 3 aromatic heterocycles. The van der Waals surface area contributed by atoms with Crippen LogP contribution < -0.4 is 10.3 Å². The van der Waals surface area contributed by atoms with Gasteiger partial charge in [0.15, 0.2) is 15.7 Å². The van der Waals surface area contributed by atoms with Crippen molar-refractivity contribution >= 4 is 9.84 Å². The number of aromatic nitrogens is 6. The first-order chi connectivity index (χ1) is 16.3. The van der Waals surface area contributed by atoms with E-state index in [0.717, 1.165) is 0 Å². The van der Waals surface area contributed by atoms with Crippen molar-refractivity contribution in [2.75, 3.05) is 20.3 Å². The third-order valence-corrected chi connectivity index (χ3v) is 8.46. The highest BCUT2D eigenvalue weighted by Gasteiger charge is 2.33. The maximum absolute atomic E-state index is 13.4. The van der Waals surface area contributed by atoms with Gasteiger partial charge in [-0.25, -0.2) is 13.4 Å². The first-order valence-corrected chi connectivity index (χ1v) is 12.8. The number of nitrogens with zero attached hydrogens (tertiary/aromatic N) is 5.